The van der Waals surface area contributed by atoms with Gasteiger partial charge in [0.05, 0.1) is 13.0 Å². The fourth-order valence-electron chi connectivity index (χ4n) is 4.62. The molecule has 0 bridgehead atoms. The molecule has 0 saturated heterocycles. The van der Waals surface area contributed by atoms with Crippen molar-refractivity contribution in [2.24, 2.45) is 5.73 Å². The van der Waals surface area contributed by atoms with Gasteiger partial charge in [-0.3, -0.25) is 0 Å². The molecule has 0 aromatic heterocycles. The van der Waals surface area contributed by atoms with Gasteiger partial charge in [-0.15, -0.1) is 0 Å². The smallest absolute Gasteiger partial charge is 0.349 e. The monoisotopic (exact) mass is 692 g/mol. The maximum Gasteiger partial charge on any atom is 0.349 e. The van der Waals surface area contributed by atoms with Crippen LogP contribution >= 0.6 is 23.2 Å². The second-order valence-electron chi connectivity index (χ2n) is 9.72. The predicted octanol–water partition coefficient (Wildman–Crippen LogP) is 7.48. The maximum atomic E-state index is 13.9. The molecule has 8 nitrogen and oxygen atoms in total. The number of methoxy groups -OCH3 is 1. The lowest BCUT2D eigenvalue weighted by atomic mass is 9.83. The van der Waals surface area contributed by atoms with E-state index < -0.39 is 53.3 Å². The molecule has 4 aromatic carbocycles. The number of nitriles is 1. The summed E-state index contributed by atoms with van der Waals surface area (Å²) >= 11 is 12.2. The van der Waals surface area contributed by atoms with Gasteiger partial charge in [0.25, 0.3) is 0 Å². The Morgan fingerprint density at radius 1 is 0.915 bits per heavy atom. The molecular weight excluding hydrogens is 674 g/mol. The third-order valence-corrected chi connectivity index (χ3v) is 7.43. The molecule has 242 valence electrons. The van der Waals surface area contributed by atoms with Crippen LogP contribution in [-0.4, -0.2) is 19.7 Å². The topological polar surface area (TPSA) is 113 Å². The summed E-state index contributed by atoms with van der Waals surface area (Å²) in [6.07, 6.45) is 0. The minimum atomic E-state index is -2.38. The van der Waals surface area contributed by atoms with Crippen molar-refractivity contribution in [3.8, 4) is 34.8 Å². The Labute approximate surface area is 273 Å². The number of benzene rings is 4. The standard InChI is InChI=1S/C32H19Cl2F5N2O6/c1-43-23-8-14(3-7-21(23)44-12-15-2-4-16(33)9-20(15)34)25-18-6-5-17(10-22(18)47-32(41)19(25)11-40)46-24(42)13-45-31-29(38)27(36)26(35)28(37)30(31)39/h2-10,25H,12-13,41H2,1H3. The van der Waals surface area contributed by atoms with Gasteiger partial charge in [0.2, 0.25) is 35.0 Å². The lowest BCUT2D eigenvalue weighted by Crippen LogP contribution is -2.22. The quantitative estimate of drug-likeness (QED) is 0.0632. The van der Waals surface area contributed by atoms with Crippen LogP contribution in [0.15, 0.2) is 66.1 Å². The molecule has 5 rings (SSSR count). The highest BCUT2D eigenvalue weighted by atomic mass is 35.5. The number of carbonyl (C=O) groups is 1. The van der Waals surface area contributed by atoms with Gasteiger partial charge in [0.15, 0.2) is 23.9 Å². The number of esters is 1. The summed E-state index contributed by atoms with van der Waals surface area (Å²) in [6.45, 7) is -1.10. The van der Waals surface area contributed by atoms with E-state index in [0.29, 0.717) is 38.2 Å². The van der Waals surface area contributed by atoms with Crippen LogP contribution < -0.4 is 29.4 Å². The Balaban J connectivity index is 1.36. The van der Waals surface area contributed by atoms with E-state index in [9.17, 15) is 32.0 Å². The average Bonchev–Trinajstić information content (AvgIpc) is 3.05. The zero-order chi connectivity index (χ0) is 34.0. The second kappa shape index (κ2) is 13.7. The van der Waals surface area contributed by atoms with Crippen molar-refractivity contribution in [1.82, 2.24) is 0 Å². The molecule has 1 heterocycles. The van der Waals surface area contributed by atoms with Crippen LogP contribution in [0.25, 0.3) is 0 Å². The van der Waals surface area contributed by atoms with Gasteiger partial charge < -0.3 is 29.4 Å². The van der Waals surface area contributed by atoms with Crippen LogP contribution in [-0.2, 0) is 11.4 Å². The van der Waals surface area contributed by atoms with Crippen molar-refractivity contribution >= 4 is 29.2 Å². The first kappa shape index (κ1) is 33.2. The van der Waals surface area contributed by atoms with Crippen LogP contribution in [0.4, 0.5) is 22.0 Å². The number of nitrogens with two attached hydrogens (primary N) is 1. The van der Waals surface area contributed by atoms with Crippen LogP contribution in [0.3, 0.4) is 0 Å². The van der Waals surface area contributed by atoms with Gasteiger partial charge in [0, 0.05) is 27.2 Å². The second-order valence-corrected chi connectivity index (χ2v) is 10.6. The first-order valence-corrected chi connectivity index (χ1v) is 14.0. The number of halogens is 7. The normalized spacial score (nSPS) is 13.7. The lowest BCUT2D eigenvalue weighted by molar-refractivity contribution is -0.136. The summed E-state index contributed by atoms with van der Waals surface area (Å²) in [4.78, 5) is 12.3. The molecule has 1 atom stereocenters. The molecule has 0 radical (unpaired) electrons. The van der Waals surface area contributed by atoms with Gasteiger partial charge in [0.1, 0.15) is 29.7 Å². The first-order chi connectivity index (χ1) is 22.4. The van der Waals surface area contributed by atoms with E-state index in [0.717, 1.165) is 0 Å². The van der Waals surface area contributed by atoms with Crippen molar-refractivity contribution in [2.45, 2.75) is 12.5 Å². The Morgan fingerprint density at radius 3 is 2.28 bits per heavy atom. The molecule has 1 aliphatic heterocycles. The highest BCUT2D eigenvalue weighted by Gasteiger charge is 2.32. The third kappa shape index (κ3) is 6.70. The Hall–Kier alpha value is -5.19. The van der Waals surface area contributed by atoms with E-state index in [1.54, 1.807) is 36.4 Å². The van der Waals surface area contributed by atoms with E-state index in [2.05, 4.69) is 4.74 Å². The molecule has 2 N–H and O–H groups in total. The number of carbonyl (C=O) groups excluding carboxylic acids is 1. The molecule has 47 heavy (non-hydrogen) atoms. The van der Waals surface area contributed by atoms with E-state index in [-0.39, 0.29) is 29.6 Å². The van der Waals surface area contributed by atoms with Crippen molar-refractivity contribution in [1.29, 1.82) is 5.26 Å². The Morgan fingerprint density at radius 2 is 1.62 bits per heavy atom. The fourth-order valence-corrected chi connectivity index (χ4v) is 5.09. The van der Waals surface area contributed by atoms with Crippen LogP contribution in [0, 0.1) is 40.4 Å². The number of fused-ring (bicyclic) bond motifs is 1. The summed E-state index contributed by atoms with van der Waals surface area (Å²) in [7, 11) is 1.44. The van der Waals surface area contributed by atoms with Crippen LogP contribution in [0.5, 0.6) is 28.7 Å². The Bertz CT molecular complexity index is 1960. The number of allylic oxidation sites excluding steroid dienone is 1. The number of hydrogen-bond donors (Lipinski definition) is 1. The molecule has 1 aliphatic rings. The van der Waals surface area contributed by atoms with Gasteiger partial charge in [-0.05, 0) is 35.9 Å². The SMILES string of the molecule is COc1cc(C2C(C#N)=C(N)Oc3cc(OC(=O)COc4c(F)c(F)c(F)c(F)c4F)ccc32)ccc1OCc1ccc(Cl)cc1Cl. The number of rotatable bonds is 9. The summed E-state index contributed by atoms with van der Waals surface area (Å²) in [5.74, 6) is -14.6. The average molecular weight is 693 g/mol. The molecule has 4 aromatic rings. The maximum absolute atomic E-state index is 13.9. The van der Waals surface area contributed by atoms with Gasteiger partial charge in [-0.25, -0.2) is 18.0 Å². The molecule has 0 fully saturated rings. The molecule has 15 heteroatoms. The molecule has 1 unspecified atom stereocenters. The minimum Gasteiger partial charge on any atom is -0.493 e. The van der Waals surface area contributed by atoms with Crippen molar-refractivity contribution in [3.63, 3.8) is 0 Å². The van der Waals surface area contributed by atoms with Gasteiger partial charge in [-0.2, -0.15) is 14.0 Å². The van der Waals surface area contributed by atoms with E-state index in [4.69, 9.17) is 47.9 Å². The van der Waals surface area contributed by atoms with Crippen LogP contribution in [0.2, 0.25) is 10.0 Å². The first-order valence-electron chi connectivity index (χ1n) is 13.2. The summed E-state index contributed by atoms with van der Waals surface area (Å²) in [6, 6.07) is 16.1. The minimum absolute atomic E-state index is 0.0714. The lowest BCUT2D eigenvalue weighted by Gasteiger charge is -2.27. The number of ether oxygens (including phenoxy) is 5. The molecule has 0 aliphatic carbocycles. The highest BCUT2D eigenvalue weighted by Crippen LogP contribution is 2.45. The largest absolute Gasteiger partial charge is 0.493 e. The van der Waals surface area contributed by atoms with Crippen molar-refractivity contribution in [3.05, 3.63) is 122 Å². The third-order valence-electron chi connectivity index (χ3n) is 6.85. The van der Waals surface area contributed by atoms with Crippen LogP contribution in [0.1, 0.15) is 22.6 Å². The summed E-state index contributed by atoms with van der Waals surface area (Å²) < 4.78 is 94.6. The van der Waals surface area contributed by atoms with Crippen molar-refractivity contribution in [2.75, 3.05) is 13.7 Å². The van der Waals surface area contributed by atoms with E-state index in [1.807, 2.05) is 6.07 Å². The number of hydrogen-bond acceptors (Lipinski definition) is 8. The zero-order valence-electron chi connectivity index (χ0n) is 23.8. The Kier molecular flexibility index (Phi) is 9.64. The fraction of sp³-hybridized carbons (Fsp3) is 0.125. The van der Waals surface area contributed by atoms with E-state index >= 15 is 0 Å². The molecule has 0 saturated carbocycles. The van der Waals surface area contributed by atoms with Gasteiger partial charge in [-0.1, -0.05) is 41.4 Å². The van der Waals surface area contributed by atoms with Crippen molar-refractivity contribution < 1.29 is 50.4 Å². The summed E-state index contributed by atoms with van der Waals surface area (Å²) in [5, 5.41) is 10.8. The van der Waals surface area contributed by atoms with E-state index in [1.165, 1.54) is 25.3 Å². The van der Waals surface area contributed by atoms with Gasteiger partial charge >= 0.3 is 5.97 Å². The predicted molar refractivity (Wildman–Crippen MR) is 157 cm³/mol. The number of nitrogens with zero attached hydrogens (tertiary/aromatic N) is 1. The summed E-state index contributed by atoms with van der Waals surface area (Å²) in [5.41, 5.74) is 7.82. The molecule has 0 spiro atoms. The molecular formula is C32H19Cl2F5N2O6. The zero-order valence-corrected chi connectivity index (χ0v) is 25.3. The molecule has 0 amide bonds. The highest BCUT2D eigenvalue weighted by molar-refractivity contribution is 6.35.